The molecule has 1 amide bonds. The van der Waals surface area contributed by atoms with E-state index in [9.17, 15) is 14.3 Å². The highest BCUT2D eigenvalue weighted by atomic mass is 19.1. The highest BCUT2D eigenvalue weighted by molar-refractivity contribution is 5.95. The molecule has 10 nitrogen and oxygen atoms in total. The van der Waals surface area contributed by atoms with Crippen LogP contribution in [-0.4, -0.2) is 84.5 Å². The summed E-state index contributed by atoms with van der Waals surface area (Å²) in [6.45, 7) is 5.55. The van der Waals surface area contributed by atoms with Crippen LogP contribution in [0.3, 0.4) is 0 Å². The van der Waals surface area contributed by atoms with Crippen molar-refractivity contribution in [2.45, 2.75) is 6.42 Å². The fourth-order valence-corrected chi connectivity index (χ4v) is 4.04. The molecule has 0 saturated carbocycles. The van der Waals surface area contributed by atoms with Gasteiger partial charge >= 0.3 is 6.09 Å². The Morgan fingerprint density at radius 1 is 1.14 bits per heavy atom. The third kappa shape index (κ3) is 6.83. The Hall–Kier alpha value is -3.96. The topological polar surface area (TPSA) is 103 Å². The van der Waals surface area contributed by atoms with Crippen LogP contribution in [-0.2, 0) is 0 Å². The number of likely N-dealkylation sites (N-methyl/N-ethyl adjacent to an activating group) is 1. The number of ether oxygens (including phenoxy) is 2. The Balaban J connectivity index is 1.38. The van der Waals surface area contributed by atoms with Crippen LogP contribution in [0.1, 0.15) is 6.42 Å². The van der Waals surface area contributed by atoms with E-state index in [0.717, 1.165) is 44.0 Å². The molecule has 11 heteroatoms. The highest BCUT2D eigenvalue weighted by Gasteiger charge is 2.22. The molecule has 2 heterocycles. The molecule has 0 atom stereocenters. The molecule has 4 rings (SSSR count). The molecular weight excluding hydrogens is 479 g/mol. The first-order chi connectivity index (χ1) is 17.9. The Labute approximate surface area is 215 Å². The van der Waals surface area contributed by atoms with Crippen molar-refractivity contribution in [3.05, 3.63) is 60.5 Å². The molecule has 0 unspecified atom stereocenters. The van der Waals surface area contributed by atoms with Gasteiger partial charge in [-0.3, -0.25) is 0 Å². The number of para-hydroxylation sites is 2. The highest BCUT2D eigenvalue weighted by Crippen LogP contribution is 2.33. The first-order valence-corrected chi connectivity index (χ1v) is 12.0. The van der Waals surface area contributed by atoms with Crippen molar-refractivity contribution in [2.24, 2.45) is 0 Å². The number of amides is 1. The molecule has 1 aliphatic rings. The SMILES string of the molecule is COc1ccccc1N(C(=O)O)c1ccnc(Nc2ccc(OCCCN3CCN(C)CC3)c(F)c2)n1. The van der Waals surface area contributed by atoms with Crippen molar-refractivity contribution >= 4 is 29.2 Å². The first-order valence-electron chi connectivity index (χ1n) is 12.0. The standard InChI is InChI=1S/C26H31FN6O4/c1-31-13-15-32(16-14-31)12-5-17-37-22-9-8-19(18-20(22)27)29-25-28-11-10-24(30-25)33(26(34)35)21-6-3-4-7-23(21)36-2/h3-4,6-11,18H,5,12-17H2,1-2H3,(H,34,35)(H,28,29,30). The summed E-state index contributed by atoms with van der Waals surface area (Å²) >= 11 is 0. The van der Waals surface area contributed by atoms with Gasteiger partial charge in [-0.2, -0.15) is 4.98 Å². The lowest BCUT2D eigenvalue weighted by molar-refractivity contribution is 0.145. The summed E-state index contributed by atoms with van der Waals surface area (Å²) in [7, 11) is 3.58. The predicted molar refractivity (Wildman–Crippen MR) is 139 cm³/mol. The molecule has 1 aromatic heterocycles. The first kappa shape index (κ1) is 26.1. The molecule has 2 aromatic carbocycles. The van der Waals surface area contributed by atoms with Gasteiger partial charge in [-0.05, 0) is 37.7 Å². The molecule has 1 saturated heterocycles. The van der Waals surface area contributed by atoms with E-state index in [2.05, 4.69) is 32.1 Å². The third-order valence-corrected chi connectivity index (χ3v) is 6.05. The predicted octanol–water partition coefficient (Wildman–Crippen LogP) is 4.20. The van der Waals surface area contributed by atoms with Gasteiger partial charge in [0.25, 0.3) is 0 Å². The van der Waals surface area contributed by atoms with Gasteiger partial charge in [-0.1, -0.05) is 12.1 Å². The monoisotopic (exact) mass is 510 g/mol. The number of carboxylic acid groups (broad SMARTS) is 1. The van der Waals surface area contributed by atoms with Crippen molar-refractivity contribution in [1.82, 2.24) is 19.8 Å². The Bertz CT molecular complexity index is 1210. The van der Waals surface area contributed by atoms with Crippen LogP contribution in [0.25, 0.3) is 0 Å². The second-order valence-corrected chi connectivity index (χ2v) is 8.65. The Morgan fingerprint density at radius 2 is 1.92 bits per heavy atom. The summed E-state index contributed by atoms with van der Waals surface area (Å²) < 4.78 is 25.6. The van der Waals surface area contributed by atoms with E-state index in [1.54, 1.807) is 36.4 Å². The van der Waals surface area contributed by atoms with Gasteiger partial charge in [-0.25, -0.2) is 19.1 Å². The van der Waals surface area contributed by atoms with Gasteiger partial charge in [0.2, 0.25) is 5.95 Å². The van der Waals surface area contributed by atoms with Gasteiger partial charge < -0.3 is 29.7 Å². The molecule has 1 aliphatic heterocycles. The van der Waals surface area contributed by atoms with Gasteiger partial charge in [0, 0.05) is 56.7 Å². The number of methoxy groups -OCH3 is 1. The largest absolute Gasteiger partial charge is 0.495 e. The van der Waals surface area contributed by atoms with E-state index in [1.165, 1.54) is 25.4 Å². The smallest absolute Gasteiger partial charge is 0.417 e. The van der Waals surface area contributed by atoms with Crippen LogP contribution in [0, 0.1) is 5.82 Å². The number of piperazine rings is 1. The Morgan fingerprint density at radius 3 is 2.65 bits per heavy atom. The van der Waals surface area contributed by atoms with Crippen molar-refractivity contribution in [3.8, 4) is 11.5 Å². The Kier molecular flexibility index (Phi) is 8.70. The second kappa shape index (κ2) is 12.3. The van der Waals surface area contributed by atoms with Crippen molar-refractivity contribution < 1.29 is 23.8 Å². The summed E-state index contributed by atoms with van der Waals surface area (Å²) in [5, 5.41) is 12.8. The van der Waals surface area contributed by atoms with Crippen LogP contribution >= 0.6 is 0 Å². The second-order valence-electron chi connectivity index (χ2n) is 8.65. The van der Waals surface area contributed by atoms with Gasteiger partial charge in [-0.15, -0.1) is 0 Å². The number of nitrogens with one attached hydrogen (secondary N) is 1. The number of rotatable bonds is 10. The number of benzene rings is 2. The molecule has 0 spiro atoms. The fourth-order valence-electron chi connectivity index (χ4n) is 4.04. The molecule has 196 valence electrons. The maximum atomic E-state index is 14.7. The van der Waals surface area contributed by atoms with Gasteiger partial charge in [0.1, 0.15) is 11.6 Å². The lowest BCUT2D eigenvalue weighted by Crippen LogP contribution is -2.44. The molecule has 1 fully saturated rings. The molecule has 0 aliphatic carbocycles. The molecule has 0 bridgehead atoms. The van der Waals surface area contributed by atoms with Crippen LogP contribution in [0.2, 0.25) is 0 Å². The van der Waals surface area contributed by atoms with Gasteiger partial charge in [0.05, 0.1) is 19.4 Å². The number of aromatic nitrogens is 2. The number of hydrogen-bond donors (Lipinski definition) is 2. The minimum absolute atomic E-state index is 0.107. The molecule has 2 N–H and O–H groups in total. The zero-order chi connectivity index (χ0) is 26.2. The minimum Gasteiger partial charge on any atom is -0.495 e. The summed E-state index contributed by atoms with van der Waals surface area (Å²) in [6, 6.07) is 12.7. The van der Waals surface area contributed by atoms with E-state index in [-0.39, 0.29) is 17.5 Å². The molecule has 3 aromatic rings. The summed E-state index contributed by atoms with van der Waals surface area (Å²) in [5.74, 6) is 0.252. The van der Waals surface area contributed by atoms with Crippen LogP contribution in [0.5, 0.6) is 11.5 Å². The average molecular weight is 511 g/mol. The maximum absolute atomic E-state index is 14.7. The van der Waals surface area contributed by atoms with Crippen molar-refractivity contribution in [3.63, 3.8) is 0 Å². The van der Waals surface area contributed by atoms with Crippen molar-refractivity contribution in [1.29, 1.82) is 0 Å². The zero-order valence-corrected chi connectivity index (χ0v) is 20.9. The van der Waals surface area contributed by atoms with E-state index in [4.69, 9.17) is 9.47 Å². The number of anilines is 4. The lowest BCUT2D eigenvalue weighted by Gasteiger charge is -2.32. The number of hydrogen-bond acceptors (Lipinski definition) is 8. The number of nitrogens with zero attached hydrogens (tertiary/aromatic N) is 5. The molecule has 37 heavy (non-hydrogen) atoms. The van der Waals surface area contributed by atoms with Gasteiger partial charge in [0.15, 0.2) is 11.6 Å². The maximum Gasteiger partial charge on any atom is 0.417 e. The summed E-state index contributed by atoms with van der Waals surface area (Å²) in [4.78, 5) is 26.2. The van der Waals surface area contributed by atoms with Crippen LogP contribution < -0.4 is 19.7 Å². The normalized spacial score (nSPS) is 14.2. The van der Waals surface area contributed by atoms with E-state index in [1.807, 2.05) is 0 Å². The summed E-state index contributed by atoms with van der Waals surface area (Å²) in [6.07, 6.45) is 0.995. The third-order valence-electron chi connectivity index (χ3n) is 6.05. The summed E-state index contributed by atoms with van der Waals surface area (Å²) in [5.41, 5.74) is 0.709. The van der Waals surface area contributed by atoms with E-state index < -0.39 is 11.9 Å². The fraction of sp³-hybridized carbons (Fsp3) is 0.346. The number of carbonyl (C=O) groups is 1. The average Bonchev–Trinajstić information content (AvgIpc) is 2.89. The molecular formula is C26H31FN6O4. The minimum atomic E-state index is -1.24. The number of halogens is 1. The van der Waals surface area contributed by atoms with Crippen LogP contribution in [0.4, 0.5) is 32.3 Å². The quantitative estimate of drug-likeness (QED) is 0.389. The lowest BCUT2D eigenvalue weighted by atomic mass is 10.2. The van der Waals surface area contributed by atoms with E-state index >= 15 is 0 Å². The van der Waals surface area contributed by atoms with Crippen molar-refractivity contribution in [2.75, 3.05) is 63.7 Å². The zero-order valence-electron chi connectivity index (χ0n) is 20.9. The van der Waals surface area contributed by atoms with E-state index in [0.29, 0.717) is 23.7 Å². The van der Waals surface area contributed by atoms with Crippen LogP contribution in [0.15, 0.2) is 54.7 Å². The molecule has 0 radical (unpaired) electrons.